The lowest BCUT2D eigenvalue weighted by Gasteiger charge is -2.20. The van der Waals surface area contributed by atoms with Gasteiger partial charge in [-0.05, 0) is 24.3 Å². The summed E-state index contributed by atoms with van der Waals surface area (Å²) in [6.07, 6.45) is 6.21. The van der Waals surface area contributed by atoms with Gasteiger partial charge in [-0.25, -0.2) is 4.98 Å². The third-order valence-electron chi connectivity index (χ3n) is 3.38. The summed E-state index contributed by atoms with van der Waals surface area (Å²) < 4.78 is 0. The Hall–Kier alpha value is -1.49. The SMILES string of the molecule is Nc1nc(-c2cccs2)nc(C2CCCCC2)n1. The van der Waals surface area contributed by atoms with E-state index in [0.717, 1.165) is 16.5 Å². The standard InChI is InChI=1S/C13H16N4S/c14-13-16-11(9-5-2-1-3-6-9)15-12(17-13)10-7-4-8-18-10/h4,7-9H,1-3,5-6H2,(H2,14,15,16,17). The zero-order chi connectivity index (χ0) is 12.4. The molecule has 1 saturated carbocycles. The maximum absolute atomic E-state index is 5.81. The van der Waals surface area contributed by atoms with E-state index in [1.165, 1.54) is 32.1 Å². The molecule has 0 spiro atoms. The molecular formula is C13H16N4S. The number of nitrogens with two attached hydrogens (primary N) is 1. The molecule has 4 nitrogen and oxygen atoms in total. The highest BCUT2D eigenvalue weighted by Gasteiger charge is 2.20. The largest absolute Gasteiger partial charge is 0.368 e. The topological polar surface area (TPSA) is 64.7 Å². The average molecular weight is 260 g/mol. The molecular weight excluding hydrogens is 244 g/mol. The van der Waals surface area contributed by atoms with Crippen molar-refractivity contribution in [2.45, 2.75) is 38.0 Å². The first-order chi connectivity index (χ1) is 8.83. The molecule has 94 valence electrons. The van der Waals surface area contributed by atoms with Crippen LogP contribution >= 0.6 is 11.3 Å². The van der Waals surface area contributed by atoms with E-state index in [1.54, 1.807) is 11.3 Å². The Morgan fingerprint density at radius 3 is 2.67 bits per heavy atom. The van der Waals surface area contributed by atoms with Crippen LogP contribution in [0.15, 0.2) is 17.5 Å². The third-order valence-corrected chi connectivity index (χ3v) is 4.25. The fourth-order valence-electron chi connectivity index (χ4n) is 2.47. The van der Waals surface area contributed by atoms with E-state index in [0.29, 0.717) is 11.9 Å². The summed E-state index contributed by atoms with van der Waals surface area (Å²) in [6.45, 7) is 0. The second-order valence-corrected chi connectivity index (χ2v) is 5.64. The van der Waals surface area contributed by atoms with Crippen LogP contribution in [0.5, 0.6) is 0 Å². The molecule has 0 unspecified atom stereocenters. The van der Waals surface area contributed by atoms with Gasteiger partial charge in [-0.15, -0.1) is 11.3 Å². The predicted octanol–water partition coefficient (Wildman–Crippen LogP) is 3.23. The van der Waals surface area contributed by atoms with Crippen molar-refractivity contribution < 1.29 is 0 Å². The lowest BCUT2D eigenvalue weighted by molar-refractivity contribution is 0.428. The molecule has 1 aliphatic rings. The normalized spacial score (nSPS) is 16.9. The zero-order valence-corrected chi connectivity index (χ0v) is 11.0. The van der Waals surface area contributed by atoms with Crippen LogP contribution in [0.4, 0.5) is 5.95 Å². The molecule has 0 amide bonds. The Morgan fingerprint density at radius 1 is 1.11 bits per heavy atom. The van der Waals surface area contributed by atoms with Crippen LogP contribution in [-0.4, -0.2) is 15.0 Å². The van der Waals surface area contributed by atoms with Crippen molar-refractivity contribution >= 4 is 17.3 Å². The summed E-state index contributed by atoms with van der Waals surface area (Å²) in [7, 11) is 0. The van der Waals surface area contributed by atoms with E-state index in [2.05, 4.69) is 15.0 Å². The van der Waals surface area contributed by atoms with Gasteiger partial charge in [0.05, 0.1) is 4.88 Å². The first kappa shape index (κ1) is 11.6. The molecule has 3 rings (SSSR count). The highest BCUT2D eigenvalue weighted by atomic mass is 32.1. The van der Waals surface area contributed by atoms with Crippen molar-refractivity contribution in [2.24, 2.45) is 0 Å². The van der Waals surface area contributed by atoms with Crippen LogP contribution in [0.2, 0.25) is 0 Å². The van der Waals surface area contributed by atoms with Crippen LogP contribution in [-0.2, 0) is 0 Å². The van der Waals surface area contributed by atoms with Gasteiger partial charge in [-0.2, -0.15) is 9.97 Å². The fourth-order valence-corrected chi connectivity index (χ4v) is 3.13. The van der Waals surface area contributed by atoms with Crippen molar-refractivity contribution in [3.8, 4) is 10.7 Å². The highest BCUT2D eigenvalue weighted by molar-refractivity contribution is 7.13. The maximum atomic E-state index is 5.81. The van der Waals surface area contributed by atoms with Crippen LogP contribution in [0, 0.1) is 0 Å². The number of aromatic nitrogens is 3. The molecule has 2 aromatic rings. The van der Waals surface area contributed by atoms with Gasteiger partial charge in [0, 0.05) is 5.92 Å². The number of hydrogen-bond acceptors (Lipinski definition) is 5. The number of nitrogens with zero attached hydrogens (tertiary/aromatic N) is 3. The molecule has 1 fully saturated rings. The van der Waals surface area contributed by atoms with Gasteiger partial charge in [-0.3, -0.25) is 0 Å². The first-order valence-electron chi connectivity index (χ1n) is 6.38. The quantitative estimate of drug-likeness (QED) is 0.900. The summed E-state index contributed by atoms with van der Waals surface area (Å²) in [5.41, 5.74) is 5.81. The molecule has 18 heavy (non-hydrogen) atoms. The lowest BCUT2D eigenvalue weighted by Crippen LogP contribution is -2.12. The van der Waals surface area contributed by atoms with Gasteiger partial charge >= 0.3 is 0 Å². The third kappa shape index (κ3) is 2.36. The molecule has 1 aliphatic carbocycles. The number of hydrogen-bond donors (Lipinski definition) is 1. The zero-order valence-electron chi connectivity index (χ0n) is 10.2. The van der Waals surface area contributed by atoms with E-state index in [9.17, 15) is 0 Å². The first-order valence-corrected chi connectivity index (χ1v) is 7.26. The van der Waals surface area contributed by atoms with Gasteiger partial charge in [-0.1, -0.05) is 25.3 Å². The Labute approximate surface area is 110 Å². The van der Waals surface area contributed by atoms with E-state index in [-0.39, 0.29) is 0 Å². The molecule has 2 aromatic heterocycles. The molecule has 2 heterocycles. The van der Waals surface area contributed by atoms with E-state index in [4.69, 9.17) is 5.73 Å². The predicted molar refractivity (Wildman–Crippen MR) is 73.4 cm³/mol. The van der Waals surface area contributed by atoms with Crippen molar-refractivity contribution in [2.75, 3.05) is 5.73 Å². The lowest BCUT2D eigenvalue weighted by atomic mass is 9.89. The van der Waals surface area contributed by atoms with Gasteiger partial charge in [0.15, 0.2) is 5.82 Å². The van der Waals surface area contributed by atoms with Crippen LogP contribution in [0.25, 0.3) is 10.7 Å². The van der Waals surface area contributed by atoms with E-state index in [1.807, 2.05) is 17.5 Å². The molecule has 5 heteroatoms. The minimum Gasteiger partial charge on any atom is -0.368 e. The molecule has 0 radical (unpaired) electrons. The number of nitrogen functional groups attached to an aromatic ring is 1. The molecule has 2 N–H and O–H groups in total. The van der Waals surface area contributed by atoms with Gasteiger partial charge < -0.3 is 5.73 Å². The summed E-state index contributed by atoms with van der Waals surface area (Å²) in [6, 6.07) is 4.02. The Morgan fingerprint density at radius 2 is 1.94 bits per heavy atom. The summed E-state index contributed by atoms with van der Waals surface area (Å²) in [5, 5.41) is 2.02. The summed E-state index contributed by atoms with van der Waals surface area (Å²) in [5.74, 6) is 2.40. The van der Waals surface area contributed by atoms with Crippen molar-refractivity contribution in [1.29, 1.82) is 0 Å². The number of anilines is 1. The van der Waals surface area contributed by atoms with Crippen LogP contribution in [0.1, 0.15) is 43.8 Å². The number of thiophene rings is 1. The molecule has 0 bridgehead atoms. The smallest absolute Gasteiger partial charge is 0.223 e. The van der Waals surface area contributed by atoms with Gasteiger partial charge in [0.25, 0.3) is 0 Å². The molecule has 0 aliphatic heterocycles. The second-order valence-electron chi connectivity index (χ2n) is 4.69. The minimum absolute atomic E-state index is 0.342. The van der Waals surface area contributed by atoms with Gasteiger partial charge in [0.2, 0.25) is 5.95 Å². The van der Waals surface area contributed by atoms with E-state index >= 15 is 0 Å². The van der Waals surface area contributed by atoms with Crippen molar-refractivity contribution in [1.82, 2.24) is 15.0 Å². The fraction of sp³-hybridized carbons (Fsp3) is 0.462. The monoisotopic (exact) mass is 260 g/mol. The van der Waals surface area contributed by atoms with Crippen LogP contribution < -0.4 is 5.73 Å². The highest BCUT2D eigenvalue weighted by Crippen LogP contribution is 2.32. The van der Waals surface area contributed by atoms with Crippen molar-refractivity contribution in [3.63, 3.8) is 0 Å². The average Bonchev–Trinajstić information content (AvgIpc) is 2.93. The second kappa shape index (κ2) is 5.02. The van der Waals surface area contributed by atoms with Crippen LogP contribution in [0.3, 0.4) is 0 Å². The maximum Gasteiger partial charge on any atom is 0.223 e. The summed E-state index contributed by atoms with van der Waals surface area (Å²) >= 11 is 1.63. The molecule has 0 aromatic carbocycles. The minimum atomic E-state index is 0.342. The molecule has 0 atom stereocenters. The molecule has 0 saturated heterocycles. The summed E-state index contributed by atoms with van der Waals surface area (Å²) in [4.78, 5) is 14.2. The Kier molecular flexibility index (Phi) is 3.23. The van der Waals surface area contributed by atoms with E-state index < -0.39 is 0 Å². The van der Waals surface area contributed by atoms with Gasteiger partial charge in [0.1, 0.15) is 5.82 Å². The number of rotatable bonds is 2. The van der Waals surface area contributed by atoms with Crippen molar-refractivity contribution in [3.05, 3.63) is 23.3 Å². The Bertz CT molecular complexity index is 518. The Balaban J connectivity index is 1.95.